The summed E-state index contributed by atoms with van der Waals surface area (Å²) in [6.07, 6.45) is -1.63. The van der Waals surface area contributed by atoms with Gasteiger partial charge in [0.1, 0.15) is 6.04 Å². The number of methoxy groups -OCH3 is 1. The van der Waals surface area contributed by atoms with E-state index in [0.717, 1.165) is 7.11 Å². The maximum atomic E-state index is 12.0. The molecule has 0 saturated carbocycles. The number of aliphatic hydroxyl groups excluding tert-OH is 1. The lowest BCUT2D eigenvalue weighted by Gasteiger charge is -2.42. The summed E-state index contributed by atoms with van der Waals surface area (Å²) < 4.78 is 35.5. The first kappa shape index (κ1) is 17.8. The van der Waals surface area contributed by atoms with E-state index in [1.807, 2.05) is 0 Å². The Morgan fingerprint density at radius 2 is 1.88 bits per heavy atom. The summed E-state index contributed by atoms with van der Waals surface area (Å²) >= 11 is 0. The number of benzene rings is 1. The molecule has 10 nitrogen and oxygen atoms in total. The molecule has 11 heteroatoms. The van der Waals surface area contributed by atoms with Gasteiger partial charge in [0.2, 0.25) is 0 Å². The Morgan fingerprint density at radius 3 is 2.38 bits per heavy atom. The Labute approximate surface area is 136 Å². The smallest absolute Gasteiger partial charge is 0.363 e. The van der Waals surface area contributed by atoms with Gasteiger partial charge in [0.25, 0.3) is 11.8 Å². The third kappa shape index (κ3) is 3.22. The fourth-order valence-corrected chi connectivity index (χ4v) is 3.07. The molecule has 1 saturated heterocycles. The number of β-lactam (4-membered cyclic amide) rings is 1. The average molecular weight is 358 g/mol. The van der Waals surface area contributed by atoms with E-state index in [9.17, 15) is 27.9 Å². The van der Waals surface area contributed by atoms with Gasteiger partial charge in [-0.25, -0.2) is 4.79 Å². The quantitative estimate of drug-likeness (QED) is 0.323. The highest BCUT2D eigenvalue weighted by molar-refractivity contribution is 7.84. The molecule has 1 heterocycles. The second-order valence-electron chi connectivity index (χ2n) is 4.88. The highest BCUT2D eigenvalue weighted by Gasteiger charge is 2.58. The molecule has 3 N–H and O–H groups in total. The van der Waals surface area contributed by atoms with Crippen molar-refractivity contribution in [2.24, 2.45) is 0 Å². The summed E-state index contributed by atoms with van der Waals surface area (Å²) in [6, 6.07) is 4.44. The van der Waals surface area contributed by atoms with Crippen molar-refractivity contribution in [3.63, 3.8) is 0 Å². The number of nitrogens with zero attached hydrogens (tertiary/aromatic N) is 1. The van der Waals surface area contributed by atoms with Crippen molar-refractivity contribution in [2.75, 3.05) is 7.11 Å². The lowest BCUT2D eigenvalue weighted by molar-refractivity contribution is -0.163. The van der Waals surface area contributed by atoms with Gasteiger partial charge in [-0.05, 0) is 5.56 Å². The zero-order valence-corrected chi connectivity index (χ0v) is 13.1. The van der Waals surface area contributed by atoms with Crippen LogP contribution in [0.3, 0.4) is 0 Å². The largest absolute Gasteiger partial charge is 0.467 e. The Bertz CT molecular complexity index is 763. The number of hydrogen-bond donors (Lipinski definition) is 3. The number of carbonyl (C=O) groups is 3. The molecular formula is C13H14N2O8S. The molecule has 0 bridgehead atoms. The summed E-state index contributed by atoms with van der Waals surface area (Å²) in [5.74, 6) is -3.38. The van der Waals surface area contributed by atoms with Gasteiger partial charge in [0, 0.05) is 0 Å². The van der Waals surface area contributed by atoms with Crippen molar-refractivity contribution in [3.05, 3.63) is 35.9 Å². The van der Waals surface area contributed by atoms with E-state index in [2.05, 4.69) is 10.1 Å². The Balaban J connectivity index is 2.17. The Hall–Kier alpha value is -2.50. The van der Waals surface area contributed by atoms with Crippen LogP contribution in [0.25, 0.3) is 0 Å². The van der Waals surface area contributed by atoms with Crippen LogP contribution in [-0.2, 0) is 29.4 Å². The summed E-state index contributed by atoms with van der Waals surface area (Å²) in [6.45, 7) is 0. The van der Waals surface area contributed by atoms with Crippen LogP contribution >= 0.6 is 0 Å². The van der Waals surface area contributed by atoms with E-state index in [4.69, 9.17) is 4.55 Å². The maximum absolute atomic E-state index is 12.0. The number of hydrogen-bond acceptors (Lipinski definition) is 7. The summed E-state index contributed by atoms with van der Waals surface area (Å²) in [5.41, 5.74) is 0.239. The van der Waals surface area contributed by atoms with Crippen LogP contribution in [0.5, 0.6) is 0 Å². The zero-order chi connectivity index (χ0) is 18.1. The minimum absolute atomic E-state index is 0.0985. The Morgan fingerprint density at radius 1 is 1.29 bits per heavy atom. The molecule has 0 spiro atoms. The van der Waals surface area contributed by atoms with Gasteiger partial charge in [0.05, 0.1) is 7.11 Å². The molecule has 2 rings (SSSR count). The van der Waals surface area contributed by atoms with Gasteiger partial charge in [0.15, 0.2) is 12.1 Å². The van der Waals surface area contributed by atoms with E-state index in [-0.39, 0.29) is 9.87 Å². The molecule has 0 aliphatic carbocycles. The average Bonchev–Trinajstić information content (AvgIpc) is 2.55. The lowest BCUT2D eigenvalue weighted by atomic mass is 9.98. The van der Waals surface area contributed by atoms with E-state index >= 15 is 0 Å². The standard InChI is InChI=1S/C13H14N2O8S/c1-23-13(19)9-8(12(18)15(9)24(20,21)22)14-11(17)10(16)7-5-3-2-4-6-7/h2-6,8-10,16H,1H3,(H,14,17)(H,20,21,22)/t8-,9-,10?/m1/s1. The van der Waals surface area contributed by atoms with Crippen LogP contribution in [-0.4, -0.2) is 59.4 Å². The van der Waals surface area contributed by atoms with E-state index in [1.54, 1.807) is 18.2 Å². The van der Waals surface area contributed by atoms with Gasteiger partial charge in [-0.2, -0.15) is 12.7 Å². The number of aliphatic hydroxyl groups is 1. The van der Waals surface area contributed by atoms with Gasteiger partial charge in [-0.1, -0.05) is 30.3 Å². The van der Waals surface area contributed by atoms with Gasteiger partial charge in [-0.3, -0.25) is 14.1 Å². The molecule has 2 amide bonds. The van der Waals surface area contributed by atoms with Gasteiger partial charge in [-0.15, -0.1) is 0 Å². The second kappa shape index (κ2) is 6.55. The zero-order valence-electron chi connectivity index (χ0n) is 12.3. The van der Waals surface area contributed by atoms with Crippen LogP contribution in [0.4, 0.5) is 0 Å². The molecule has 1 aliphatic rings. The third-order valence-electron chi connectivity index (χ3n) is 3.40. The molecule has 0 radical (unpaired) electrons. The fourth-order valence-electron chi connectivity index (χ4n) is 2.23. The second-order valence-corrected chi connectivity index (χ2v) is 6.17. The van der Waals surface area contributed by atoms with Crippen molar-refractivity contribution in [1.29, 1.82) is 0 Å². The van der Waals surface area contributed by atoms with Crippen molar-refractivity contribution in [2.45, 2.75) is 18.2 Å². The van der Waals surface area contributed by atoms with Crippen LogP contribution in [0, 0.1) is 0 Å². The minimum atomic E-state index is -4.99. The van der Waals surface area contributed by atoms with Crippen molar-refractivity contribution in [3.8, 4) is 0 Å². The number of amides is 2. The molecule has 1 fully saturated rings. The Kier molecular flexibility index (Phi) is 4.87. The molecule has 1 aromatic carbocycles. The SMILES string of the molecule is COC(=O)[C@H]1[C@@H](NC(=O)C(O)c2ccccc2)C(=O)N1S(=O)(=O)O. The first-order valence-corrected chi connectivity index (χ1v) is 8.00. The third-order valence-corrected chi connectivity index (χ3v) is 4.31. The minimum Gasteiger partial charge on any atom is -0.467 e. The highest BCUT2D eigenvalue weighted by atomic mass is 32.2. The number of ether oxygens (including phenoxy) is 1. The molecule has 1 unspecified atom stereocenters. The number of carbonyl (C=O) groups excluding carboxylic acids is 3. The van der Waals surface area contributed by atoms with Crippen LogP contribution in [0.2, 0.25) is 0 Å². The van der Waals surface area contributed by atoms with Crippen LogP contribution in [0.15, 0.2) is 30.3 Å². The van der Waals surface area contributed by atoms with E-state index in [0.29, 0.717) is 0 Å². The van der Waals surface area contributed by atoms with Crippen LogP contribution in [0.1, 0.15) is 11.7 Å². The number of rotatable bonds is 5. The fraction of sp³-hybridized carbons (Fsp3) is 0.308. The molecule has 0 aromatic heterocycles. The monoisotopic (exact) mass is 358 g/mol. The van der Waals surface area contributed by atoms with E-state index < -0.39 is 46.3 Å². The molecule has 130 valence electrons. The predicted octanol–water partition coefficient (Wildman–Crippen LogP) is -1.61. The molecule has 1 aliphatic heterocycles. The lowest BCUT2D eigenvalue weighted by Crippen LogP contribution is -2.74. The van der Waals surface area contributed by atoms with Crippen molar-refractivity contribution in [1.82, 2.24) is 9.62 Å². The molecule has 1 aromatic rings. The summed E-state index contributed by atoms with van der Waals surface area (Å²) in [4.78, 5) is 35.4. The first-order valence-electron chi connectivity index (χ1n) is 6.60. The molecule has 3 atom stereocenters. The molecular weight excluding hydrogens is 344 g/mol. The summed E-state index contributed by atoms with van der Waals surface area (Å²) in [7, 11) is -4.04. The maximum Gasteiger partial charge on any atom is 0.363 e. The van der Waals surface area contributed by atoms with Crippen LogP contribution < -0.4 is 5.32 Å². The first-order chi connectivity index (χ1) is 11.2. The highest BCUT2D eigenvalue weighted by Crippen LogP contribution is 2.25. The molecule has 24 heavy (non-hydrogen) atoms. The van der Waals surface area contributed by atoms with Gasteiger partial charge >= 0.3 is 16.3 Å². The number of nitrogens with one attached hydrogen (secondary N) is 1. The topological polar surface area (TPSA) is 150 Å². The summed E-state index contributed by atoms with van der Waals surface area (Å²) in [5, 5.41) is 12.0. The predicted molar refractivity (Wildman–Crippen MR) is 77.5 cm³/mol. The van der Waals surface area contributed by atoms with Crippen molar-refractivity contribution < 1.29 is 37.2 Å². The number of esters is 1. The van der Waals surface area contributed by atoms with Gasteiger partial charge < -0.3 is 15.2 Å². The normalized spacial score (nSPS) is 21.6. The van der Waals surface area contributed by atoms with E-state index in [1.165, 1.54) is 12.1 Å². The van der Waals surface area contributed by atoms with Crippen molar-refractivity contribution >= 4 is 28.1 Å².